The Balaban J connectivity index is 2.60. The first-order chi connectivity index (χ1) is 18.8. The number of nitrogens with zero attached hydrogens (tertiary/aromatic N) is 1. The van der Waals surface area contributed by atoms with Gasteiger partial charge in [-0.25, -0.2) is 0 Å². The van der Waals surface area contributed by atoms with E-state index in [9.17, 15) is 30.0 Å². The molecule has 4 N–H and O–H groups in total. The molecule has 14 atom stereocenters. The highest BCUT2D eigenvalue weighted by atomic mass is 16.7. The first-order valence-corrected chi connectivity index (χ1v) is 14.9. The molecule has 0 aromatic carbocycles. The molecule has 2 fully saturated rings. The number of hydrogen-bond acceptors (Lipinski definition) is 11. The lowest BCUT2D eigenvalue weighted by Gasteiger charge is -2.48. The molecule has 4 unspecified atom stereocenters. The number of carbonyl (C=O) groups excluding carboxylic acids is 2. The topological polar surface area (TPSA) is 155 Å². The number of carbonyl (C=O) groups is 2. The molecule has 2 aliphatic rings. The quantitative estimate of drug-likeness (QED) is 0.345. The summed E-state index contributed by atoms with van der Waals surface area (Å²) in [5, 5.41) is 45.1. The van der Waals surface area contributed by atoms with E-state index >= 15 is 0 Å². The summed E-state index contributed by atoms with van der Waals surface area (Å²) in [5.74, 6) is -4.49. The highest BCUT2D eigenvalue weighted by molar-refractivity contribution is 5.83. The third kappa shape index (κ3) is 7.67. The monoisotopic (exact) mass is 589 g/mol. The largest absolute Gasteiger partial charge is 0.459 e. The van der Waals surface area contributed by atoms with Gasteiger partial charge in [-0.1, -0.05) is 27.7 Å². The number of cyclic esters (lactones) is 1. The van der Waals surface area contributed by atoms with Gasteiger partial charge >= 0.3 is 5.97 Å². The number of esters is 1. The maximum Gasteiger partial charge on any atom is 0.311 e. The minimum atomic E-state index is -1.91. The van der Waals surface area contributed by atoms with Crippen LogP contribution < -0.4 is 0 Å². The smallest absolute Gasteiger partial charge is 0.311 e. The Kier molecular flexibility index (Phi) is 12.4. The molecule has 2 aliphatic heterocycles. The molecule has 11 heteroatoms. The number of ketones is 1. The zero-order valence-electron chi connectivity index (χ0n) is 26.7. The van der Waals surface area contributed by atoms with E-state index in [1.54, 1.807) is 34.6 Å². The minimum Gasteiger partial charge on any atom is -0.459 e. The second-order valence-electron chi connectivity index (χ2n) is 13.1. The summed E-state index contributed by atoms with van der Waals surface area (Å²) in [4.78, 5) is 28.8. The average Bonchev–Trinajstić information content (AvgIpc) is 2.92. The highest BCUT2D eigenvalue weighted by Crippen LogP contribution is 2.39. The van der Waals surface area contributed by atoms with Crippen molar-refractivity contribution in [2.24, 2.45) is 23.7 Å². The Labute approximate surface area is 245 Å². The van der Waals surface area contributed by atoms with Crippen LogP contribution in [-0.4, -0.2) is 118 Å². The van der Waals surface area contributed by atoms with Crippen molar-refractivity contribution in [1.82, 2.24) is 4.90 Å². The van der Waals surface area contributed by atoms with E-state index in [1.807, 2.05) is 25.9 Å². The highest BCUT2D eigenvalue weighted by Gasteiger charge is 2.51. The molecule has 0 bridgehead atoms. The fourth-order valence-corrected chi connectivity index (χ4v) is 6.59. The van der Waals surface area contributed by atoms with Crippen LogP contribution in [0.1, 0.15) is 74.7 Å². The van der Waals surface area contributed by atoms with E-state index in [4.69, 9.17) is 18.9 Å². The Morgan fingerprint density at radius 3 is 2.10 bits per heavy atom. The molecule has 0 aliphatic carbocycles. The van der Waals surface area contributed by atoms with Crippen molar-refractivity contribution < 1.29 is 49.0 Å². The van der Waals surface area contributed by atoms with Crippen LogP contribution in [0.2, 0.25) is 0 Å². The Bertz CT molecular complexity index is 883. The Morgan fingerprint density at radius 2 is 1.59 bits per heavy atom. The molecule has 0 amide bonds. The average molecular weight is 590 g/mol. The van der Waals surface area contributed by atoms with Crippen molar-refractivity contribution in [2.45, 2.75) is 135 Å². The summed E-state index contributed by atoms with van der Waals surface area (Å²) in [6, 6.07) is -0.244. The molecule has 2 saturated heterocycles. The number of methoxy groups -OCH3 is 1. The van der Waals surface area contributed by atoms with Crippen LogP contribution in [0.5, 0.6) is 0 Å². The van der Waals surface area contributed by atoms with E-state index < -0.39 is 77.7 Å². The number of rotatable bonds is 5. The first-order valence-electron chi connectivity index (χ1n) is 14.9. The van der Waals surface area contributed by atoms with Crippen LogP contribution in [0.4, 0.5) is 0 Å². The van der Waals surface area contributed by atoms with Gasteiger partial charge in [0, 0.05) is 30.9 Å². The third-order valence-corrected chi connectivity index (χ3v) is 9.52. The molecule has 41 heavy (non-hydrogen) atoms. The maximum atomic E-state index is 13.6. The summed E-state index contributed by atoms with van der Waals surface area (Å²) >= 11 is 0. The molecule has 0 radical (unpaired) electrons. The molecule has 0 saturated carbocycles. The van der Waals surface area contributed by atoms with E-state index in [0.29, 0.717) is 6.42 Å². The van der Waals surface area contributed by atoms with Gasteiger partial charge in [-0.15, -0.1) is 0 Å². The summed E-state index contributed by atoms with van der Waals surface area (Å²) in [6.45, 7) is 13.2. The Morgan fingerprint density at radius 1 is 1.00 bits per heavy atom. The third-order valence-electron chi connectivity index (χ3n) is 9.52. The fraction of sp³-hybridized carbons (Fsp3) is 0.933. The number of likely N-dealkylation sites (N-methyl/N-ethyl adjacent to an activating group) is 1. The van der Waals surface area contributed by atoms with Gasteiger partial charge in [-0.3, -0.25) is 9.59 Å². The standard InChI is InChI=1S/C30H55NO10/c1-12-21-30(8,37)25(35)17(4)22(32)15(2)14-29(7,38-11)26(18(5)23(33)19(6)27(36)40-21)41-28-24(34)20(31(9)10)13-16(3)39-28/h15-21,23-26,28,33-35,37H,12-14H2,1-11H3/t15-,16?,17+,18+,19-,20?,21-,23+,24?,25-,26-,28?,29-,30-/m1/s1. The number of Topliss-reactive ketones (excluding diaryl/α,β-unsaturated/α-hetero) is 1. The van der Waals surface area contributed by atoms with Crippen molar-refractivity contribution in [3.63, 3.8) is 0 Å². The van der Waals surface area contributed by atoms with Gasteiger partial charge in [0.25, 0.3) is 0 Å². The molecule has 2 heterocycles. The second-order valence-corrected chi connectivity index (χ2v) is 13.1. The van der Waals surface area contributed by atoms with Gasteiger partial charge in [-0.2, -0.15) is 0 Å². The van der Waals surface area contributed by atoms with Gasteiger partial charge in [0.1, 0.15) is 23.6 Å². The Hall–Kier alpha value is -1.18. The van der Waals surface area contributed by atoms with Crippen LogP contribution >= 0.6 is 0 Å². The van der Waals surface area contributed by atoms with E-state index in [-0.39, 0.29) is 30.8 Å². The van der Waals surface area contributed by atoms with Crippen molar-refractivity contribution in [1.29, 1.82) is 0 Å². The molecular weight excluding hydrogens is 534 g/mol. The zero-order chi connectivity index (χ0) is 31.6. The summed E-state index contributed by atoms with van der Waals surface area (Å²) in [7, 11) is 5.21. The molecular formula is C30H55NO10. The second kappa shape index (κ2) is 14.1. The maximum absolute atomic E-state index is 13.6. The molecule has 11 nitrogen and oxygen atoms in total. The summed E-state index contributed by atoms with van der Waals surface area (Å²) in [6.07, 6.45) is -6.25. The normalized spacial score (nSPS) is 47.6. The molecule has 0 aromatic heterocycles. The van der Waals surface area contributed by atoms with E-state index in [1.165, 1.54) is 21.0 Å². The zero-order valence-corrected chi connectivity index (χ0v) is 26.7. The van der Waals surface area contributed by atoms with Crippen LogP contribution in [0, 0.1) is 23.7 Å². The molecule has 2 rings (SSSR count). The number of ether oxygens (including phenoxy) is 4. The molecule has 0 aromatic rings. The predicted molar refractivity (Wildman–Crippen MR) is 152 cm³/mol. The van der Waals surface area contributed by atoms with E-state index in [2.05, 4.69) is 0 Å². The predicted octanol–water partition coefficient (Wildman–Crippen LogP) is 1.51. The van der Waals surface area contributed by atoms with E-state index in [0.717, 1.165) is 0 Å². The summed E-state index contributed by atoms with van der Waals surface area (Å²) < 4.78 is 24.2. The minimum absolute atomic E-state index is 0.134. The van der Waals surface area contributed by atoms with Crippen molar-refractivity contribution in [3.05, 3.63) is 0 Å². The number of aliphatic hydroxyl groups is 4. The van der Waals surface area contributed by atoms with Crippen LogP contribution in [0.15, 0.2) is 0 Å². The van der Waals surface area contributed by atoms with Crippen LogP contribution in [-0.2, 0) is 28.5 Å². The lowest BCUT2D eigenvalue weighted by Crippen LogP contribution is -2.60. The van der Waals surface area contributed by atoms with Gasteiger partial charge < -0.3 is 44.3 Å². The fourth-order valence-electron chi connectivity index (χ4n) is 6.59. The number of hydrogen-bond donors (Lipinski definition) is 4. The van der Waals surface area contributed by atoms with Crippen molar-refractivity contribution >= 4 is 11.8 Å². The SMILES string of the molecule is CC[C@H]1OC(=O)[C@H](C)[C@@H](O)[C@H](C)[C@@H](OC2OC(C)CC(N(C)C)C2O)[C@](C)(OC)C[C@@H](C)C(=O)[C@H](C)[C@@H](O)[C@]1(C)O. The van der Waals surface area contributed by atoms with Gasteiger partial charge in [0.05, 0.1) is 35.9 Å². The van der Waals surface area contributed by atoms with Gasteiger partial charge in [0.15, 0.2) is 6.29 Å². The molecule has 240 valence electrons. The lowest BCUT2D eigenvalue weighted by atomic mass is 9.74. The number of aliphatic hydroxyl groups excluding tert-OH is 3. The van der Waals surface area contributed by atoms with Gasteiger partial charge in [0.2, 0.25) is 0 Å². The first kappa shape index (κ1) is 36.0. The molecule has 0 spiro atoms. The van der Waals surface area contributed by atoms with Crippen molar-refractivity contribution in [2.75, 3.05) is 21.2 Å². The van der Waals surface area contributed by atoms with Gasteiger partial charge in [-0.05, 0) is 61.1 Å². The van der Waals surface area contributed by atoms with Crippen LogP contribution in [0.3, 0.4) is 0 Å². The lowest BCUT2D eigenvalue weighted by molar-refractivity contribution is -0.301. The van der Waals surface area contributed by atoms with Crippen molar-refractivity contribution in [3.8, 4) is 0 Å². The summed E-state index contributed by atoms with van der Waals surface area (Å²) in [5.41, 5.74) is -3.11. The van der Waals surface area contributed by atoms with Crippen LogP contribution in [0.25, 0.3) is 0 Å².